The summed E-state index contributed by atoms with van der Waals surface area (Å²) in [4.78, 5) is 9.43. The number of nitrogens with zero attached hydrogens (tertiary/aromatic N) is 3. The van der Waals surface area contributed by atoms with Crippen LogP contribution in [0.15, 0.2) is 6.20 Å². The molecule has 1 aliphatic heterocycles. The molecule has 1 aliphatic rings. The molecule has 76 valence electrons. The lowest BCUT2D eigenvalue weighted by Gasteiger charge is -2.22. The molecule has 5 heteroatoms. The molecule has 0 spiro atoms. The summed E-state index contributed by atoms with van der Waals surface area (Å²) in [5.41, 5.74) is 0. The van der Waals surface area contributed by atoms with Gasteiger partial charge in [0.2, 0.25) is 5.28 Å². The molecular weight excluding hydrogens is 205 g/mol. The maximum absolute atomic E-state index is 13.4. The predicted octanol–water partition coefficient (Wildman–Crippen LogP) is 2.26. The molecule has 0 amide bonds. The Kier molecular flexibility index (Phi) is 2.54. The van der Waals surface area contributed by atoms with Gasteiger partial charge in [-0.15, -0.1) is 0 Å². The minimum atomic E-state index is -0.400. The third kappa shape index (κ3) is 1.66. The molecule has 2 heterocycles. The van der Waals surface area contributed by atoms with Gasteiger partial charge in [0.25, 0.3) is 0 Å². The largest absolute Gasteiger partial charge is 0.351 e. The summed E-state index contributed by atoms with van der Waals surface area (Å²) >= 11 is 5.63. The minimum absolute atomic E-state index is 0.0977. The fourth-order valence-electron chi connectivity index (χ4n) is 1.79. The first-order valence-electron chi connectivity index (χ1n) is 4.63. The number of aromatic nitrogens is 2. The quantitative estimate of drug-likeness (QED) is 0.673. The van der Waals surface area contributed by atoms with Gasteiger partial charge in [0, 0.05) is 12.6 Å². The van der Waals surface area contributed by atoms with Crippen molar-refractivity contribution in [2.45, 2.75) is 25.8 Å². The number of halogens is 2. The Bertz CT molecular complexity index is 345. The lowest BCUT2D eigenvalue weighted by molar-refractivity contribution is 0.597. The van der Waals surface area contributed by atoms with Crippen LogP contribution >= 0.6 is 11.6 Å². The van der Waals surface area contributed by atoms with Crippen molar-refractivity contribution in [3.05, 3.63) is 17.3 Å². The molecule has 0 radical (unpaired) electrons. The molecule has 14 heavy (non-hydrogen) atoms. The summed E-state index contributed by atoms with van der Waals surface area (Å²) in [6, 6.07) is 0.329. The summed E-state index contributed by atoms with van der Waals surface area (Å²) in [6.45, 7) is 2.90. The van der Waals surface area contributed by atoms with Crippen LogP contribution in [0.1, 0.15) is 19.8 Å². The van der Waals surface area contributed by atoms with E-state index in [0.29, 0.717) is 11.9 Å². The summed E-state index contributed by atoms with van der Waals surface area (Å²) in [5, 5.41) is 0.0977. The standard InChI is InChI=1S/C9H11ClFN3/c1-6-3-2-4-14(6)8-7(11)5-12-9(10)13-8/h5-6H,2-4H2,1H3. The van der Waals surface area contributed by atoms with Gasteiger partial charge in [-0.05, 0) is 31.4 Å². The van der Waals surface area contributed by atoms with Crippen LogP contribution in [0.25, 0.3) is 0 Å². The zero-order chi connectivity index (χ0) is 10.1. The van der Waals surface area contributed by atoms with E-state index in [0.717, 1.165) is 25.6 Å². The number of hydrogen-bond acceptors (Lipinski definition) is 3. The second-order valence-corrected chi connectivity index (χ2v) is 3.83. The molecule has 0 aliphatic carbocycles. The molecule has 2 rings (SSSR count). The normalized spacial score (nSPS) is 21.6. The van der Waals surface area contributed by atoms with E-state index in [1.54, 1.807) is 0 Å². The molecule has 0 bridgehead atoms. The second-order valence-electron chi connectivity index (χ2n) is 3.50. The first kappa shape index (κ1) is 9.65. The van der Waals surface area contributed by atoms with Crippen molar-refractivity contribution in [3.63, 3.8) is 0 Å². The molecule has 0 saturated carbocycles. The smallest absolute Gasteiger partial charge is 0.224 e. The highest BCUT2D eigenvalue weighted by Gasteiger charge is 2.24. The van der Waals surface area contributed by atoms with E-state index in [2.05, 4.69) is 16.9 Å². The van der Waals surface area contributed by atoms with Crippen LogP contribution in [-0.2, 0) is 0 Å². The summed E-state index contributed by atoms with van der Waals surface area (Å²) < 4.78 is 13.4. The van der Waals surface area contributed by atoms with E-state index < -0.39 is 5.82 Å². The highest BCUT2D eigenvalue weighted by atomic mass is 35.5. The summed E-state index contributed by atoms with van der Waals surface area (Å²) in [6.07, 6.45) is 3.26. The maximum Gasteiger partial charge on any atom is 0.224 e. The Labute approximate surface area is 86.9 Å². The van der Waals surface area contributed by atoms with E-state index in [1.165, 1.54) is 0 Å². The SMILES string of the molecule is CC1CCCN1c1nc(Cl)ncc1F. The van der Waals surface area contributed by atoms with Gasteiger partial charge in [-0.3, -0.25) is 0 Å². The van der Waals surface area contributed by atoms with E-state index in [9.17, 15) is 4.39 Å². The van der Waals surface area contributed by atoms with E-state index in [4.69, 9.17) is 11.6 Å². The van der Waals surface area contributed by atoms with Crippen LogP contribution in [0, 0.1) is 5.82 Å². The fourth-order valence-corrected chi connectivity index (χ4v) is 1.92. The first-order chi connectivity index (χ1) is 6.68. The lowest BCUT2D eigenvalue weighted by atomic mass is 10.2. The lowest BCUT2D eigenvalue weighted by Crippen LogP contribution is -2.28. The van der Waals surface area contributed by atoms with Gasteiger partial charge in [0.1, 0.15) is 0 Å². The van der Waals surface area contributed by atoms with Crippen LogP contribution in [-0.4, -0.2) is 22.6 Å². The van der Waals surface area contributed by atoms with Gasteiger partial charge in [-0.25, -0.2) is 9.37 Å². The van der Waals surface area contributed by atoms with E-state index >= 15 is 0 Å². The monoisotopic (exact) mass is 215 g/mol. The molecule has 0 aromatic carbocycles. The van der Waals surface area contributed by atoms with Gasteiger partial charge >= 0.3 is 0 Å². The first-order valence-corrected chi connectivity index (χ1v) is 5.01. The zero-order valence-corrected chi connectivity index (χ0v) is 8.63. The molecule has 1 fully saturated rings. The van der Waals surface area contributed by atoms with Crippen LogP contribution in [0.3, 0.4) is 0 Å². The average Bonchev–Trinajstić information content (AvgIpc) is 2.56. The third-order valence-corrected chi connectivity index (χ3v) is 2.70. The molecule has 0 N–H and O–H groups in total. The van der Waals surface area contributed by atoms with Crippen LogP contribution < -0.4 is 4.90 Å². The third-order valence-electron chi connectivity index (χ3n) is 2.52. The zero-order valence-electron chi connectivity index (χ0n) is 7.87. The highest BCUT2D eigenvalue weighted by Crippen LogP contribution is 2.26. The highest BCUT2D eigenvalue weighted by molar-refractivity contribution is 6.28. The van der Waals surface area contributed by atoms with Crippen LogP contribution in [0.2, 0.25) is 5.28 Å². The Morgan fingerprint density at radius 1 is 1.64 bits per heavy atom. The van der Waals surface area contributed by atoms with Gasteiger partial charge < -0.3 is 4.90 Å². The van der Waals surface area contributed by atoms with Crippen molar-refractivity contribution in [1.29, 1.82) is 0 Å². The van der Waals surface area contributed by atoms with Crippen molar-refractivity contribution in [2.24, 2.45) is 0 Å². The van der Waals surface area contributed by atoms with Crippen molar-refractivity contribution < 1.29 is 4.39 Å². The van der Waals surface area contributed by atoms with Crippen LogP contribution in [0.4, 0.5) is 10.2 Å². The van der Waals surface area contributed by atoms with Crippen molar-refractivity contribution in [3.8, 4) is 0 Å². The fraction of sp³-hybridized carbons (Fsp3) is 0.556. The molecule has 3 nitrogen and oxygen atoms in total. The second kappa shape index (κ2) is 3.69. The molecular formula is C9H11ClFN3. The molecule has 1 atom stereocenters. The predicted molar refractivity (Wildman–Crippen MR) is 53.0 cm³/mol. The van der Waals surface area contributed by atoms with Gasteiger partial charge in [-0.1, -0.05) is 0 Å². The Hall–Kier alpha value is -0.900. The molecule has 1 aromatic rings. The number of anilines is 1. The molecule has 1 unspecified atom stereocenters. The average molecular weight is 216 g/mol. The summed E-state index contributed by atoms with van der Waals surface area (Å²) in [5.74, 6) is -0.0712. The minimum Gasteiger partial charge on any atom is -0.351 e. The van der Waals surface area contributed by atoms with Gasteiger partial charge in [-0.2, -0.15) is 4.98 Å². The molecule has 1 saturated heterocycles. The van der Waals surface area contributed by atoms with Gasteiger partial charge in [0.15, 0.2) is 11.6 Å². The topological polar surface area (TPSA) is 29.0 Å². The summed E-state index contributed by atoms with van der Waals surface area (Å²) in [7, 11) is 0. The van der Waals surface area contributed by atoms with Crippen LogP contribution in [0.5, 0.6) is 0 Å². The van der Waals surface area contributed by atoms with E-state index in [1.807, 2.05) is 4.90 Å². The maximum atomic E-state index is 13.4. The Balaban J connectivity index is 2.34. The van der Waals surface area contributed by atoms with E-state index in [-0.39, 0.29) is 5.28 Å². The molecule has 1 aromatic heterocycles. The van der Waals surface area contributed by atoms with Crippen molar-refractivity contribution in [2.75, 3.05) is 11.4 Å². The Morgan fingerprint density at radius 2 is 2.43 bits per heavy atom. The Morgan fingerprint density at radius 3 is 3.07 bits per heavy atom. The van der Waals surface area contributed by atoms with Crippen molar-refractivity contribution >= 4 is 17.4 Å². The van der Waals surface area contributed by atoms with Crippen molar-refractivity contribution in [1.82, 2.24) is 9.97 Å². The number of rotatable bonds is 1. The number of hydrogen-bond donors (Lipinski definition) is 0. The van der Waals surface area contributed by atoms with Gasteiger partial charge in [0.05, 0.1) is 6.20 Å².